The zero-order valence-electron chi connectivity index (χ0n) is 14.0. The van der Waals surface area contributed by atoms with Crippen LogP contribution < -0.4 is 4.90 Å². The van der Waals surface area contributed by atoms with Crippen molar-refractivity contribution < 1.29 is 9.69 Å². The van der Waals surface area contributed by atoms with Gasteiger partial charge in [-0.15, -0.1) is 0 Å². The molecule has 1 aliphatic heterocycles. The lowest BCUT2D eigenvalue weighted by Crippen LogP contribution is -3.12. The molecule has 0 radical (unpaired) electrons. The first-order valence-electron chi connectivity index (χ1n) is 8.70. The average molecular weight is 319 g/mol. The molecule has 0 bridgehead atoms. The molecule has 1 heterocycles. The van der Waals surface area contributed by atoms with Gasteiger partial charge < -0.3 is 9.80 Å². The van der Waals surface area contributed by atoms with Crippen LogP contribution in [0.2, 0.25) is 0 Å². The molecule has 0 saturated carbocycles. The van der Waals surface area contributed by atoms with Crippen LogP contribution in [0.4, 0.5) is 0 Å². The van der Waals surface area contributed by atoms with Crippen LogP contribution in [-0.2, 0) is 4.79 Å². The summed E-state index contributed by atoms with van der Waals surface area (Å²) in [6, 6.07) is 16.6. The van der Waals surface area contributed by atoms with Crippen molar-refractivity contribution in [1.82, 2.24) is 4.90 Å². The summed E-state index contributed by atoms with van der Waals surface area (Å²) in [5.74, 6) is 0.0388. The topological polar surface area (TPSA) is 24.8 Å². The third-order valence-corrected chi connectivity index (χ3v) is 5.23. The fraction of sp³-hybridized carbons (Fsp3) is 0.286. The minimum atomic E-state index is -0.203. The van der Waals surface area contributed by atoms with Crippen LogP contribution in [0.15, 0.2) is 48.5 Å². The van der Waals surface area contributed by atoms with Crippen LogP contribution in [-0.4, -0.2) is 44.0 Å². The van der Waals surface area contributed by atoms with Crippen LogP contribution in [0.5, 0.6) is 0 Å². The Balaban J connectivity index is 1.78. The van der Waals surface area contributed by atoms with Crippen molar-refractivity contribution >= 4 is 18.1 Å². The van der Waals surface area contributed by atoms with E-state index in [0.29, 0.717) is 0 Å². The monoisotopic (exact) mass is 319 g/mol. The molecule has 0 atom stereocenters. The van der Waals surface area contributed by atoms with E-state index in [4.69, 9.17) is 0 Å². The lowest BCUT2D eigenvalue weighted by molar-refractivity contribution is -0.883. The maximum atomic E-state index is 13.4. The van der Waals surface area contributed by atoms with Crippen LogP contribution in [0.25, 0.3) is 12.2 Å². The van der Waals surface area contributed by atoms with Gasteiger partial charge in [-0.25, -0.2) is 0 Å². The van der Waals surface area contributed by atoms with E-state index in [-0.39, 0.29) is 11.8 Å². The molecule has 2 aromatic carbocycles. The van der Waals surface area contributed by atoms with Gasteiger partial charge in [0.1, 0.15) is 0 Å². The Kier molecular flexibility index (Phi) is 3.95. The van der Waals surface area contributed by atoms with E-state index >= 15 is 0 Å². The summed E-state index contributed by atoms with van der Waals surface area (Å²) in [4.78, 5) is 17.0. The highest BCUT2D eigenvalue weighted by Gasteiger charge is 2.33. The van der Waals surface area contributed by atoms with E-state index < -0.39 is 0 Å². The van der Waals surface area contributed by atoms with Crippen LogP contribution >= 0.6 is 0 Å². The minimum Gasteiger partial charge on any atom is -0.334 e. The van der Waals surface area contributed by atoms with Crippen LogP contribution in [0.3, 0.4) is 0 Å². The fourth-order valence-corrected chi connectivity index (χ4v) is 3.76. The summed E-state index contributed by atoms with van der Waals surface area (Å²) in [5.41, 5.74) is 4.53. The van der Waals surface area contributed by atoms with E-state index in [1.807, 2.05) is 24.3 Å². The van der Waals surface area contributed by atoms with Crippen molar-refractivity contribution in [3.63, 3.8) is 0 Å². The maximum Gasteiger partial charge on any atom is 0.235 e. The molecule has 3 nitrogen and oxygen atoms in total. The quantitative estimate of drug-likeness (QED) is 0.849. The number of likely N-dealkylation sites (N-methyl/N-ethyl adjacent to an activating group) is 1. The molecule has 1 aliphatic carbocycles. The molecule has 1 amide bonds. The second-order valence-electron chi connectivity index (χ2n) is 6.81. The smallest absolute Gasteiger partial charge is 0.235 e. The Hall–Kier alpha value is -2.39. The molecule has 0 spiro atoms. The van der Waals surface area contributed by atoms with Crippen molar-refractivity contribution in [1.29, 1.82) is 0 Å². The molecule has 1 fully saturated rings. The number of amides is 1. The number of piperazine rings is 1. The van der Waals surface area contributed by atoms with Gasteiger partial charge in [0.25, 0.3) is 0 Å². The van der Waals surface area contributed by atoms with Crippen LogP contribution in [0, 0.1) is 0 Å². The lowest BCUT2D eigenvalue weighted by atomic mass is 9.86. The van der Waals surface area contributed by atoms with Gasteiger partial charge in [0.05, 0.1) is 39.1 Å². The molecule has 24 heavy (non-hydrogen) atoms. The van der Waals surface area contributed by atoms with Crippen molar-refractivity contribution in [2.24, 2.45) is 0 Å². The predicted octanol–water partition coefficient (Wildman–Crippen LogP) is 1.66. The number of nitrogens with one attached hydrogen (secondary N) is 1. The standard InChI is InChI=1S/C21H22N2O/c1-22-12-14-23(15-13-22)21(24)20-18-8-4-2-6-16(18)10-11-17-7-3-5-9-19(17)20/h2-11,20H,12-15H2,1H3/p+1. The summed E-state index contributed by atoms with van der Waals surface area (Å²) in [7, 11) is 2.20. The number of hydrogen-bond donors (Lipinski definition) is 1. The summed E-state index contributed by atoms with van der Waals surface area (Å²) in [6.45, 7) is 3.75. The second kappa shape index (κ2) is 6.25. The zero-order chi connectivity index (χ0) is 16.5. The third-order valence-electron chi connectivity index (χ3n) is 5.23. The number of carbonyl (C=O) groups excluding carboxylic acids is 1. The molecule has 2 aromatic rings. The molecule has 0 aromatic heterocycles. The Morgan fingerprint density at radius 2 is 1.42 bits per heavy atom. The number of quaternary nitrogens is 1. The minimum absolute atomic E-state index is 0.203. The van der Waals surface area contributed by atoms with E-state index in [1.54, 1.807) is 0 Å². The number of nitrogens with zero attached hydrogens (tertiary/aromatic N) is 1. The van der Waals surface area contributed by atoms with Gasteiger partial charge in [-0.1, -0.05) is 60.7 Å². The fourth-order valence-electron chi connectivity index (χ4n) is 3.76. The summed E-state index contributed by atoms with van der Waals surface area (Å²) in [5, 5.41) is 0. The highest BCUT2D eigenvalue weighted by atomic mass is 16.2. The first kappa shape index (κ1) is 15.2. The molecular weight excluding hydrogens is 296 g/mol. The van der Waals surface area contributed by atoms with E-state index in [1.165, 1.54) is 4.90 Å². The summed E-state index contributed by atoms with van der Waals surface area (Å²) < 4.78 is 0. The largest absolute Gasteiger partial charge is 0.334 e. The SMILES string of the molecule is C[NH+]1CCN(C(=O)C2c3ccccc3C=Cc3ccccc32)CC1. The number of carbonyl (C=O) groups is 1. The second-order valence-corrected chi connectivity index (χ2v) is 6.81. The highest BCUT2D eigenvalue weighted by molar-refractivity contribution is 5.92. The predicted molar refractivity (Wildman–Crippen MR) is 96.9 cm³/mol. The first-order chi connectivity index (χ1) is 11.7. The van der Waals surface area contributed by atoms with Gasteiger partial charge in [-0.05, 0) is 22.3 Å². The molecule has 1 N–H and O–H groups in total. The Morgan fingerprint density at radius 3 is 1.96 bits per heavy atom. The van der Waals surface area contributed by atoms with Gasteiger partial charge in [-0.2, -0.15) is 0 Å². The summed E-state index contributed by atoms with van der Waals surface area (Å²) >= 11 is 0. The maximum absolute atomic E-state index is 13.4. The molecule has 4 rings (SSSR count). The number of benzene rings is 2. The molecule has 122 valence electrons. The van der Waals surface area contributed by atoms with Gasteiger partial charge in [-0.3, -0.25) is 4.79 Å². The Labute approximate surface area is 143 Å². The molecule has 3 heteroatoms. The molecule has 1 saturated heterocycles. The third kappa shape index (κ3) is 2.65. The van der Waals surface area contributed by atoms with Crippen molar-refractivity contribution in [3.05, 3.63) is 70.8 Å². The Bertz CT molecular complexity index is 738. The highest BCUT2D eigenvalue weighted by Crippen LogP contribution is 2.35. The van der Waals surface area contributed by atoms with E-state index in [0.717, 1.165) is 48.4 Å². The molecule has 0 unspecified atom stereocenters. The summed E-state index contributed by atoms with van der Waals surface area (Å²) in [6.07, 6.45) is 4.27. The first-order valence-corrected chi connectivity index (χ1v) is 8.70. The number of hydrogen-bond acceptors (Lipinski definition) is 1. The van der Waals surface area contributed by atoms with Crippen molar-refractivity contribution in [2.75, 3.05) is 33.2 Å². The average Bonchev–Trinajstić information content (AvgIpc) is 2.79. The van der Waals surface area contributed by atoms with Gasteiger partial charge in [0, 0.05) is 0 Å². The lowest BCUT2D eigenvalue weighted by Gasteiger charge is -2.33. The van der Waals surface area contributed by atoms with Crippen LogP contribution in [0.1, 0.15) is 28.2 Å². The number of fused-ring (bicyclic) bond motifs is 2. The van der Waals surface area contributed by atoms with Gasteiger partial charge in [0.15, 0.2) is 0 Å². The zero-order valence-corrected chi connectivity index (χ0v) is 14.0. The van der Waals surface area contributed by atoms with Crippen molar-refractivity contribution in [3.8, 4) is 0 Å². The Morgan fingerprint density at radius 1 is 0.917 bits per heavy atom. The van der Waals surface area contributed by atoms with E-state index in [9.17, 15) is 4.79 Å². The number of rotatable bonds is 1. The van der Waals surface area contributed by atoms with Crippen molar-refractivity contribution in [2.45, 2.75) is 5.92 Å². The van der Waals surface area contributed by atoms with Gasteiger partial charge >= 0.3 is 0 Å². The van der Waals surface area contributed by atoms with E-state index in [2.05, 4.69) is 48.4 Å². The molecule has 2 aliphatic rings. The van der Waals surface area contributed by atoms with Gasteiger partial charge in [0.2, 0.25) is 5.91 Å². The normalized spacial score (nSPS) is 18.0. The molecular formula is C21H23N2O+.